The summed E-state index contributed by atoms with van der Waals surface area (Å²) < 4.78 is 16.2. The number of thiophene rings is 1. The molecule has 2 heterocycles. The number of hydrogen-bond donors (Lipinski definition) is 1. The topological polar surface area (TPSA) is 73.4 Å². The molecule has 25 heavy (non-hydrogen) atoms. The van der Waals surface area contributed by atoms with E-state index < -0.39 is 0 Å². The number of nitrogens with zero attached hydrogens (tertiary/aromatic N) is 1. The van der Waals surface area contributed by atoms with E-state index in [4.69, 9.17) is 14.2 Å². The molecule has 0 radical (unpaired) electrons. The molecule has 0 fully saturated rings. The third-order valence-electron chi connectivity index (χ3n) is 3.82. The molecule has 0 aliphatic carbocycles. The Labute approximate surface area is 149 Å². The SMILES string of the molecule is COc1ccc(Cc2cc(-c3cccs3)n[nH]c2=O)c(OC)c1OC. The van der Waals surface area contributed by atoms with Gasteiger partial charge in [0.15, 0.2) is 11.5 Å². The molecule has 0 bridgehead atoms. The van der Waals surface area contributed by atoms with Crippen LogP contribution < -0.4 is 19.8 Å². The van der Waals surface area contributed by atoms with E-state index in [2.05, 4.69) is 10.2 Å². The minimum absolute atomic E-state index is 0.225. The average molecular weight is 358 g/mol. The van der Waals surface area contributed by atoms with Crippen molar-refractivity contribution in [3.8, 4) is 27.8 Å². The highest BCUT2D eigenvalue weighted by Crippen LogP contribution is 2.40. The van der Waals surface area contributed by atoms with Crippen LogP contribution in [0.1, 0.15) is 11.1 Å². The van der Waals surface area contributed by atoms with E-state index >= 15 is 0 Å². The third-order valence-corrected chi connectivity index (χ3v) is 4.71. The number of rotatable bonds is 6. The fraction of sp³-hybridized carbons (Fsp3) is 0.222. The van der Waals surface area contributed by atoms with Crippen LogP contribution in [0.5, 0.6) is 17.2 Å². The van der Waals surface area contributed by atoms with Gasteiger partial charge in [-0.15, -0.1) is 11.3 Å². The summed E-state index contributed by atoms with van der Waals surface area (Å²) in [6, 6.07) is 9.38. The largest absolute Gasteiger partial charge is 0.493 e. The number of benzene rings is 1. The third kappa shape index (κ3) is 3.36. The molecule has 6 nitrogen and oxygen atoms in total. The number of nitrogens with one attached hydrogen (secondary N) is 1. The lowest BCUT2D eigenvalue weighted by molar-refractivity contribution is 0.322. The summed E-state index contributed by atoms with van der Waals surface area (Å²) in [6.45, 7) is 0. The molecular formula is C18H18N2O4S. The van der Waals surface area contributed by atoms with Gasteiger partial charge in [0.25, 0.3) is 5.56 Å². The van der Waals surface area contributed by atoms with Gasteiger partial charge in [-0.05, 0) is 23.6 Å². The van der Waals surface area contributed by atoms with E-state index in [0.29, 0.717) is 29.2 Å². The maximum atomic E-state index is 12.2. The van der Waals surface area contributed by atoms with Gasteiger partial charge in [-0.2, -0.15) is 5.10 Å². The van der Waals surface area contributed by atoms with Gasteiger partial charge in [0.2, 0.25) is 5.75 Å². The number of H-pyrrole nitrogens is 1. The number of methoxy groups -OCH3 is 3. The van der Waals surface area contributed by atoms with Crippen molar-refractivity contribution < 1.29 is 14.2 Å². The van der Waals surface area contributed by atoms with Crippen LogP contribution >= 0.6 is 11.3 Å². The Morgan fingerprint density at radius 1 is 1.04 bits per heavy atom. The summed E-state index contributed by atoms with van der Waals surface area (Å²) in [5.41, 5.74) is 1.94. The van der Waals surface area contributed by atoms with Crippen molar-refractivity contribution in [3.05, 3.63) is 57.2 Å². The van der Waals surface area contributed by atoms with Gasteiger partial charge in [-0.1, -0.05) is 12.1 Å². The second-order valence-corrected chi connectivity index (χ2v) is 6.20. The Morgan fingerprint density at radius 2 is 1.84 bits per heavy atom. The second kappa shape index (κ2) is 7.40. The van der Waals surface area contributed by atoms with Crippen molar-refractivity contribution >= 4 is 11.3 Å². The van der Waals surface area contributed by atoms with Crippen LogP contribution in [0.2, 0.25) is 0 Å². The standard InChI is InChI=1S/C18H18N2O4S/c1-22-14-7-6-11(16(23-2)17(14)24-3)9-12-10-13(19-20-18(12)21)15-5-4-8-25-15/h4-8,10H,9H2,1-3H3,(H,20,21). The number of ether oxygens (including phenoxy) is 3. The monoisotopic (exact) mass is 358 g/mol. The van der Waals surface area contributed by atoms with Gasteiger partial charge in [0, 0.05) is 17.5 Å². The molecule has 0 unspecified atom stereocenters. The first-order valence-corrected chi connectivity index (χ1v) is 8.46. The molecule has 0 aliphatic heterocycles. The highest BCUT2D eigenvalue weighted by molar-refractivity contribution is 7.13. The van der Waals surface area contributed by atoms with Crippen molar-refractivity contribution in [3.63, 3.8) is 0 Å². The maximum Gasteiger partial charge on any atom is 0.267 e. The molecule has 2 aromatic heterocycles. The van der Waals surface area contributed by atoms with Crippen molar-refractivity contribution in [2.75, 3.05) is 21.3 Å². The fourth-order valence-corrected chi connectivity index (χ4v) is 3.32. The number of aromatic amines is 1. The molecule has 1 aromatic carbocycles. The molecule has 3 rings (SSSR count). The fourth-order valence-electron chi connectivity index (χ4n) is 2.64. The Morgan fingerprint density at radius 3 is 2.48 bits per heavy atom. The summed E-state index contributed by atoms with van der Waals surface area (Å²) in [5, 5.41) is 8.67. The van der Waals surface area contributed by atoms with E-state index in [1.807, 2.05) is 23.6 Å². The smallest absolute Gasteiger partial charge is 0.267 e. The number of aromatic nitrogens is 2. The molecule has 0 aliphatic rings. The van der Waals surface area contributed by atoms with E-state index in [1.165, 1.54) is 0 Å². The van der Waals surface area contributed by atoms with Gasteiger partial charge in [0.1, 0.15) is 5.69 Å². The Bertz CT molecular complexity index is 919. The van der Waals surface area contributed by atoms with E-state index in [1.54, 1.807) is 44.8 Å². The maximum absolute atomic E-state index is 12.2. The molecule has 0 saturated heterocycles. The second-order valence-electron chi connectivity index (χ2n) is 5.26. The van der Waals surface area contributed by atoms with Gasteiger partial charge < -0.3 is 14.2 Å². The Balaban J connectivity index is 2.03. The summed E-state index contributed by atoms with van der Waals surface area (Å²) >= 11 is 1.57. The van der Waals surface area contributed by atoms with E-state index in [9.17, 15) is 4.79 Å². The van der Waals surface area contributed by atoms with Crippen LogP contribution in [0.4, 0.5) is 0 Å². The van der Waals surface area contributed by atoms with Crippen LogP contribution in [0.25, 0.3) is 10.6 Å². The quantitative estimate of drug-likeness (QED) is 0.733. The molecule has 0 atom stereocenters. The molecule has 0 spiro atoms. The zero-order valence-electron chi connectivity index (χ0n) is 14.2. The van der Waals surface area contributed by atoms with Crippen LogP contribution in [-0.2, 0) is 6.42 Å². The van der Waals surface area contributed by atoms with Crippen molar-refractivity contribution in [1.82, 2.24) is 10.2 Å². The predicted octanol–water partition coefficient (Wildman–Crippen LogP) is 3.12. The normalized spacial score (nSPS) is 10.5. The van der Waals surface area contributed by atoms with Gasteiger partial charge in [0.05, 0.1) is 26.2 Å². The van der Waals surface area contributed by atoms with Crippen molar-refractivity contribution in [2.24, 2.45) is 0 Å². The first kappa shape index (κ1) is 17.0. The van der Waals surface area contributed by atoms with Crippen LogP contribution in [0.15, 0.2) is 40.5 Å². The molecule has 3 aromatic rings. The Hall–Kier alpha value is -2.80. The lowest BCUT2D eigenvalue weighted by Crippen LogP contribution is -2.15. The summed E-state index contributed by atoms with van der Waals surface area (Å²) in [6.07, 6.45) is 0.389. The average Bonchev–Trinajstić information content (AvgIpc) is 3.17. The highest BCUT2D eigenvalue weighted by atomic mass is 32.1. The van der Waals surface area contributed by atoms with Crippen LogP contribution in [0, 0.1) is 0 Å². The molecule has 0 saturated carbocycles. The first-order valence-electron chi connectivity index (χ1n) is 7.58. The molecule has 1 N–H and O–H groups in total. The molecule has 7 heteroatoms. The molecular weight excluding hydrogens is 340 g/mol. The van der Waals surface area contributed by atoms with Gasteiger partial charge in [-0.3, -0.25) is 4.79 Å². The molecule has 130 valence electrons. The first-order chi connectivity index (χ1) is 12.2. The Kier molecular flexibility index (Phi) is 5.04. The lowest BCUT2D eigenvalue weighted by Gasteiger charge is -2.15. The van der Waals surface area contributed by atoms with Crippen molar-refractivity contribution in [1.29, 1.82) is 0 Å². The number of hydrogen-bond acceptors (Lipinski definition) is 6. The van der Waals surface area contributed by atoms with Crippen LogP contribution in [-0.4, -0.2) is 31.5 Å². The zero-order valence-corrected chi connectivity index (χ0v) is 15.0. The summed E-state index contributed by atoms with van der Waals surface area (Å²) in [4.78, 5) is 13.2. The van der Waals surface area contributed by atoms with Gasteiger partial charge in [-0.25, -0.2) is 5.10 Å². The van der Waals surface area contributed by atoms with E-state index in [0.717, 1.165) is 16.1 Å². The lowest BCUT2D eigenvalue weighted by atomic mass is 10.0. The van der Waals surface area contributed by atoms with Crippen molar-refractivity contribution in [2.45, 2.75) is 6.42 Å². The summed E-state index contributed by atoms with van der Waals surface area (Å²) in [5.74, 6) is 1.63. The summed E-state index contributed by atoms with van der Waals surface area (Å²) in [7, 11) is 4.69. The zero-order chi connectivity index (χ0) is 17.8. The van der Waals surface area contributed by atoms with Gasteiger partial charge >= 0.3 is 0 Å². The molecule has 0 amide bonds. The highest BCUT2D eigenvalue weighted by Gasteiger charge is 2.17. The predicted molar refractivity (Wildman–Crippen MR) is 97.1 cm³/mol. The van der Waals surface area contributed by atoms with Crippen LogP contribution in [0.3, 0.4) is 0 Å². The minimum Gasteiger partial charge on any atom is -0.493 e. The minimum atomic E-state index is -0.225. The van der Waals surface area contributed by atoms with E-state index in [-0.39, 0.29) is 5.56 Å².